The second-order valence-corrected chi connectivity index (χ2v) is 7.94. The summed E-state index contributed by atoms with van der Waals surface area (Å²) < 4.78 is 32.4. The minimum absolute atomic E-state index is 0.0902. The molecule has 7 heteroatoms. The summed E-state index contributed by atoms with van der Waals surface area (Å²) in [7, 11) is -1.94. The van der Waals surface area contributed by atoms with Crippen molar-refractivity contribution in [1.82, 2.24) is 9.62 Å². The quantitative estimate of drug-likeness (QED) is 0.882. The molecule has 6 nitrogen and oxygen atoms in total. The molecule has 0 aliphatic carbocycles. The maximum Gasteiger partial charge on any atom is 0.257 e. The summed E-state index contributed by atoms with van der Waals surface area (Å²) in [6, 6.07) is 4.76. The van der Waals surface area contributed by atoms with Crippen molar-refractivity contribution in [3.05, 3.63) is 23.8 Å². The fourth-order valence-corrected chi connectivity index (χ4v) is 4.36. The third-order valence-electron chi connectivity index (χ3n) is 4.04. The third kappa shape index (κ3) is 4.23. The van der Waals surface area contributed by atoms with Crippen molar-refractivity contribution in [2.24, 2.45) is 5.92 Å². The Morgan fingerprint density at radius 1 is 1.43 bits per heavy atom. The zero-order valence-corrected chi connectivity index (χ0v) is 14.6. The van der Waals surface area contributed by atoms with Gasteiger partial charge >= 0.3 is 0 Å². The molecule has 0 bridgehead atoms. The van der Waals surface area contributed by atoms with Crippen LogP contribution in [0.1, 0.15) is 25.3 Å². The smallest absolute Gasteiger partial charge is 0.257 e. The minimum Gasteiger partial charge on any atom is -0.484 e. The van der Waals surface area contributed by atoms with Crippen LogP contribution in [0.4, 0.5) is 0 Å². The maximum absolute atomic E-state index is 12.7. The van der Waals surface area contributed by atoms with E-state index in [1.165, 1.54) is 7.05 Å². The number of amides is 1. The van der Waals surface area contributed by atoms with Crippen molar-refractivity contribution >= 4 is 15.9 Å². The molecular weight excluding hydrogens is 316 g/mol. The molecule has 1 heterocycles. The number of likely N-dealkylation sites (N-methyl/N-ethyl adjacent to an activating group) is 1. The molecular formula is C16H24N2O4S. The summed E-state index contributed by atoms with van der Waals surface area (Å²) in [5.74, 6) is 0.665. The number of hydrogen-bond acceptors (Lipinski definition) is 4. The van der Waals surface area contributed by atoms with Gasteiger partial charge in [-0.1, -0.05) is 6.92 Å². The molecule has 23 heavy (non-hydrogen) atoms. The summed E-state index contributed by atoms with van der Waals surface area (Å²) in [6.45, 7) is 4.89. The molecule has 1 aromatic rings. The Balaban J connectivity index is 2.17. The number of rotatable bonds is 5. The van der Waals surface area contributed by atoms with Crippen LogP contribution in [0.5, 0.6) is 5.75 Å². The van der Waals surface area contributed by atoms with Gasteiger partial charge in [0.15, 0.2) is 6.61 Å². The van der Waals surface area contributed by atoms with Crippen LogP contribution < -0.4 is 10.1 Å². The molecule has 2 rings (SSSR count). The van der Waals surface area contributed by atoms with E-state index in [1.54, 1.807) is 29.4 Å². The van der Waals surface area contributed by atoms with Gasteiger partial charge in [-0.3, -0.25) is 4.79 Å². The SMILES string of the molecule is CNC(=O)COc1ccc(S(=O)(=O)N2CCC[C@H](C)C2)cc1C. The van der Waals surface area contributed by atoms with Gasteiger partial charge in [-0.2, -0.15) is 4.31 Å². The first-order valence-electron chi connectivity index (χ1n) is 7.78. The number of carbonyl (C=O) groups is 1. The number of piperidine rings is 1. The molecule has 128 valence electrons. The van der Waals surface area contributed by atoms with Crippen molar-refractivity contribution in [3.63, 3.8) is 0 Å². The van der Waals surface area contributed by atoms with Crippen LogP contribution in [0.25, 0.3) is 0 Å². The highest BCUT2D eigenvalue weighted by Gasteiger charge is 2.28. The molecule has 0 spiro atoms. The molecule has 0 aromatic heterocycles. The number of hydrogen-bond donors (Lipinski definition) is 1. The standard InChI is InChI=1S/C16H24N2O4S/c1-12-5-4-8-18(10-12)23(20,21)14-6-7-15(13(2)9-14)22-11-16(19)17-3/h6-7,9,12H,4-5,8,10-11H2,1-3H3,(H,17,19)/t12-/m0/s1. The van der Waals surface area contributed by atoms with Crippen molar-refractivity contribution < 1.29 is 17.9 Å². The normalized spacial score (nSPS) is 19.3. The molecule has 1 aliphatic rings. The van der Waals surface area contributed by atoms with Gasteiger partial charge in [-0.25, -0.2) is 8.42 Å². The van der Waals surface area contributed by atoms with Gasteiger partial charge in [0.1, 0.15) is 5.75 Å². The number of nitrogens with one attached hydrogen (secondary N) is 1. The van der Waals surface area contributed by atoms with Gasteiger partial charge < -0.3 is 10.1 Å². The van der Waals surface area contributed by atoms with Crippen LogP contribution >= 0.6 is 0 Å². The fourth-order valence-electron chi connectivity index (χ4n) is 2.67. The summed E-state index contributed by atoms with van der Waals surface area (Å²) in [5.41, 5.74) is 0.694. The van der Waals surface area contributed by atoms with Gasteiger partial charge in [0.2, 0.25) is 10.0 Å². The molecule has 1 aliphatic heterocycles. The molecule has 1 amide bonds. The van der Waals surface area contributed by atoms with Crippen LogP contribution in [-0.4, -0.2) is 45.4 Å². The van der Waals surface area contributed by atoms with E-state index in [-0.39, 0.29) is 17.4 Å². The minimum atomic E-state index is -3.47. The second kappa shape index (κ2) is 7.31. The van der Waals surface area contributed by atoms with Crippen LogP contribution in [0.15, 0.2) is 23.1 Å². The predicted octanol–water partition coefficient (Wildman–Crippen LogP) is 1.54. The first-order chi connectivity index (χ1) is 10.8. The van der Waals surface area contributed by atoms with Crippen molar-refractivity contribution in [1.29, 1.82) is 0 Å². The van der Waals surface area contributed by atoms with Gasteiger partial charge in [0.05, 0.1) is 4.90 Å². The predicted molar refractivity (Wildman–Crippen MR) is 87.9 cm³/mol. The highest BCUT2D eigenvalue weighted by molar-refractivity contribution is 7.89. The fraction of sp³-hybridized carbons (Fsp3) is 0.562. The summed E-state index contributed by atoms with van der Waals surface area (Å²) in [6.07, 6.45) is 1.96. The number of nitrogens with zero attached hydrogens (tertiary/aromatic N) is 1. The number of benzene rings is 1. The zero-order valence-electron chi connectivity index (χ0n) is 13.8. The summed E-state index contributed by atoms with van der Waals surface area (Å²) in [5, 5.41) is 2.47. The summed E-state index contributed by atoms with van der Waals surface area (Å²) in [4.78, 5) is 11.5. The first-order valence-corrected chi connectivity index (χ1v) is 9.22. The molecule has 0 unspecified atom stereocenters. The van der Waals surface area contributed by atoms with E-state index in [0.717, 1.165) is 12.8 Å². The lowest BCUT2D eigenvalue weighted by atomic mass is 10.0. The molecule has 1 saturated heterocycles. The van der Waals surface area contributed by atoms with E-state index >= 15 is 0 Å². The lowest BCUT2D eigenvalue weighted by molar-refractivity contribution is -0.122. The van der Waals surface area contributed by atoms with E-state index < -0.39 is 10.0 Å². The number of sulfonamides is 1. The van der Waals surface area contributed by atoms with Crippen molar-refractivity contribution in [3.8, 4) is 5.75 Å². The number of carbonyl (C=O) groups excluding carboxylic acids is 1. The molecule has 0 radical (unpaired) electrons. The van der Waals surface area contributed by atoms with Crippen LogP contribution in [0.3, 0.4) is 0 Å². The van der Waals surface area contributed by atoms with E-state index in [9.17, 15) is 13.2 Å². The van der Waals surface area contributed by atoms with Crippen LogP contribution in [0.2, 0.25) is 0 Å². The van der Waals surface area contributed by atoms with Gasteiger partial charge in [0.25, 0.3) is 5.91 Å². The largest absolute Gasteiger partial charge is 0.484 e. The lowest BCUT2D eigenvalue weighted by Gasteiger charge is -2.30. The van der Waals surface area contributed by atoms with Gasteiger partial charge in [-0.15, -0.1) is 0 Å². The monoisotopic (exact) mass is 340 g/mol. The second-order valence-electron chi connectivity index (χ2n) is 6.00. The molecule has 1 N–H and O–H groups in total. The van der Waals surface area contributed by atoms with Gasteiger partial charge in [-0.05, 0) is 49.4 Å². The Morgan fingerprint density at radius 3 is 2.78 bits per heavy atom. The van der Waals surface area contributed by atoms with E-state index in [4.69, 9.17) is 4.74 Å². The number of aryl methyl sites for hydroxylation is 1. The first kappa shape index (κ1) is 17.7. The highest BCUT2D eigenvalue weighted by Crippen LogP contribution is 2.27. The van der Waals surface area contributed by atoms with E-state index in [1.807, 2.05) is 0 Å². The average Bonchev–Trinajstić information content (AvgIpc) is 2.53. The maximum atomic E-state index is 12.7. The third-order valence-corrected chi connectivity index (χ3v) is 5.90. The van der Waals surface area contributed by atoms with E-state index in [0.29, 0.717) is 30.3 Å². The highest BCUT2D eigenvalue weighted by atomic mass is 32.2. The van der Waals surface area contributed by atoms with E-state index in [2.05, 4.69) is 12.2 Å². The molecule has 1 aromatic carbocycles. The van der Waals surface area contributed by atoms with Crippen LogP contribution in [0, 0.1) is 12.8 Å². The van der Waals surface area contributed by atoms with Crippen molar-refractivity contribution in [2.75, 3.05) is 26.7 Å². The average molecular weight is 340 g/mol. The Hall–Kier alpha value is -1.60. The lowest BCUT2D eigenvalue weighted by Crippen LogP contribution is -2.39. The Kier molecular flexibility index (Phi) is 5.64. The topological polar surface area (TPSA) is 75.7 Å². The molecule has 0 saturated carbocycles. The zero-order chi connectivity index (χ0) is 17.0. The summed E-state index contributed by atoms with van der Waals surface area (Å²) >= 11 is 0. The molecule has 1 fully saturated rings. The van der Waals surface area contributed by atoms with Gasteiger partial charge in [0, 0.05) is 20.1 Å². The molecule has 1 atom stereocenters. The number of ether oxygens (including phenoxy) is 1. The Bertz CT molecular complexity index is 673. The van der Waals surface area contributed by atoms with Crippen LogP contribution in [-0.2, 0) is 14.8 Å². The Morgan fingerprint density at radius 2 is 2.17 bits per heavy atom. The van der Waals surface area contributed by atoms with Crippen molar-refractivity contribution in [2.45, 2.75) is 31.6 Å². The Labute approximate surface area is 137 Å².